The highest BCUT2D eigenvalue weighted by Crippen LogP contribution is 2.24. The van der Waals surface area contributed by atoms with Gasteiger partial charge in [-0.05, 0) is 50.6 Å². The summed E-state index contributed by atoms with van der Waals surface area (Å²) in [6, 6.07) is 1.91. The monoisotopic (exact) mass is 289 g/mol. The van der Waals surface area contributed by atoms with E-state index in [4.69, 9.17) is 22.1 Å². The summed E-state index contributed by atoms with van der Waals surface area (Å²) in [6.45, 7) is 5.57. The van der Waals surface area contributed by atoms with Gasteiger partial charge in [0.1, 0.15) is 5.60 Å². The highest BCUT2D eigenvalue weighted by molar-refractivity contribution is 7.14. The number of rotatable bonds is 5. The Morgan fingerprint density at radius 1 is 1.56 bits per heavy atom. The quantitative estimate of drug-likeness (QED) is 0.845. The van der Waals surface area contributed by atoms with Crippen molar-refractivity contribution in [2.45, 2.75) is 51.7 Å². The minimum atomic E-state index is -0.433. The number of carbonyl (C=O) groups excluding carboxylic acids is 1. The Morgan fingerprint density at radius 2 is 2.22 bits per heavy atom. The summed E-state index contributed by atoms with van der Waals surface area (Å²) in [5.41, 5.74) is 6.61. The average Bonchev–Trinajstić information content (AvgIpc) is 2.59. The molecular weight excluding hydrogens is 270 g/mol. The number of hydrogen-bond acceptors (Lipinski definition) is 4. The number of hydrogen-bond donors (Lipinski definition) is 1. The first kappa shape index (κ1) is 15.5. The highest BCUT2D eigenvalue weighted by atomic mass is 35.5. The maximum atomic E-state index is 11.5. The second-order valence-electron chi connectivity index (χ2n) is 5.31. The molecule has 5 heteroatoms. The number of halogens is 1. The van der Waals surface area contributed by atoms with Crippen molar-refractivity contribution in [1.29, 1.82) is 0 Å². The largest absolute Gasteiger partial charge is 0.460 e. The van der Waals surface area contributed by atoms with E-state index in [0.29, 0.717) is 19.3 Å². The lowest BCUT2D eigenvalue weighted by atomic mass is 10.1. The number of thiophene rings is 1. The summed E-state index contributed by atoms with van der Waals surface area (Å²) >= 11 is 7.50. The molecule has 1 atom stereocenters. The molecule has 1 rings (SSSR count). The topological polar surface area (TPSA) is 52.3 Å². The van der Waals surface area contributed by atoms with Crippen molar-refractivity contribution in [2.75, 3.05) is 0 Å². The summed E-state index contributed by atoms with van der Waals surface area (Å²) < 4.78 is 6.01. The number of esters is 1. The molecule has 0 spiro atoms. The molecule has 0 bridgehead atoms. The summed E-state index contributed by atoms with van der Waals surface area (Å²) in [7, 11) is 0. The molecule has 102 valence electrons. The van der Waals surface area contributed by atoms with E-state index in [0.717, 1.165) is 9.90 Å². The molecule has 0 saturated carbocycles. The van der Waals surface area contributed by atoms with Crippen LogP contribution in [0.15, 0.2) is 11.4 Å². The summed E-state index contributed by atoms with van der Waals surface area (Å²) in [4.78, 5) is 11.5. The molecule has 0 saturated heterocycles. The molecule has 2 N–H and O–H groups in total. The van der Waals surface area contributed by atoms with Gasteiger partial charge in [-0.2, -0.15) is 0 Å². The fourth-order valence-corrected chi connectivity index (χ4v) is 2.49. The molecule has 1 heterocycles. The van der Waals surface area contributed by atoms with Crippen LogP contribution in [0.5, 0.6) is 0 Å². The van der Waals surface area contributed by atoms with E-state index in [-0.39, 0.29) is 12.0 Å². The van der Waals surface area contributed by atoms with Gasteiger partial charge >= 0.3 is 5.97 Å². The van der Waals surface area contributed by atoms with E-state index in [1.807, 2.05) is 32.2 Å². The second kappa shape index (κ2) is 6.55. The normalized spacial score (nSPS) is 13.4. The van der Waals surface area contributed by atoms with Crippen molar-refractivity contribution in [2.24, 2.45) is 5.73 Å². The van der Waals surface area contributed by atoms with Gasteiger partial charge in [-0.25, -0.2) is 0 Å². The zero-order chi connectivity index (χ0) is 13.8. The van der Waals surface area contributed by atoms with Crippen molar-refractivity contribution in [1.82, 2.24) is 0 Å². The average molecular weight is 290 g/mol. The van der Waals surface area contributed by atoms with Crippen molar-refractivity contribution in [3.63, 3.8) is 0 Å². The van der Waals surface area contributed by atoms with Gasteiger partial charge in [-0.1, -0.05) is 11.6 Å². The van der Waals surface area contributed by atoms with Crippen LogP contribution in [0.25, 0.3) is 0 Å². The SMILES string of the molecule is CC(C)(C)OC(=O)CCC(N)Cc1ccsc1Cl. The predicted octanol–water partition coefficient (Wildman–Crippen LogP) is 3.39. The Labute approximate surface area is 117 Å². The predicted molar refractivity (Wildman–Crippen MR) is 76.1 cm³/mol. The molecule has 0 aliphatic carbocycles. The van der Waals surface area contributed by atoms with Gasteiger partial charge in [0.2, 0.25) is 0 Å². The van der Waals surface area contributed by atoms with Gasteiger partial charge in [-0.3, -0.25) is 4.79 Å². The molecule has 1 unspecified atom stereocenters. The molecule has 0 amide bonds. The van der Waals surface area contributed by atoms with Gasteiger partial charge in [0.15, 0.2) is 0 Å². The molecule has 0 aliphatic heterocycles. The lowest BCUT2D eigenvalue weighted by Gasteiger charge is -2.20. The molecule has 0 aliphatic rings. The van der Waals surface area contributed by atoms with Gasteiger partial charge in [0.05, 0.1) is 4.34 Å². The van der Waals surface area contributed by atoms with Gasteiger partial charge in [0.25, 0.3) is 0 Å². The van der Waals surface area contributed by atoms with Crippen molar-refractivity contribution < 1.29 is 9.53 Å². The van der Waals surface area contributed by atoms with Gasteiger partial charge in [0, 0.05) is 12.5 Å². The third-order valence-electron chi connectivity index (χ3n) is 2.31. The Bertz CT molecular complexity index is 398. The highest BCUT2D eigenvalue weighted by Gasteiger charge is 2.17. The van der Waals surface area contributed by atoms with Crippen molar-refractivity contribution >= 4 is 28.9 Å². The molecule has 0 radical (unpaired) electrons. The maximum absolute atomic E-state index is 11.5. The second-order valence-corrected chi connectivity index (χ2v) is 6.83. The van der Waals surface area contributed by atoms with Crippen LogP contribution in [0.4, 0.5) is 0 Å². The standard InChI is InChI=1S/C13H20ClNO2S/c1-13(2,3)17-11(16)5-4-10(15)8-9-6-7-18-12(9)14/h6-7,10H,4-5,8,15H2,1-3H3. The molecule has 3 nitrogen and oxygen atoms in total. The fraction of sp³-hybridized carbons (Fsp3) is 0.615. The first-order valence-electron chi connectivity index (χ1n) is 5.97. The van der Waals surface area contributed by atoms with Crippen LogP contribution in [0.3, 0.4) is 0 Å². The Morgan fingerprint density at radius 3 is 2.72 bits per heavy atom. The zero-order valence-electron chi connectivity index (χ0n) is 11.0. The molecule has 1 aromatic heterocycles. The van der Waals surface area contributed by atoms with E-state index in [9.17, 15) is 4.79 Å². The zero-order valence-corrected chi connectivity index (χ0v) is 12.6. The van der Waals surface area contributed by atoms with E-state index in [2.05, 4.69) is 0 Å². The molecule has 1 aromatic rings. The van der Waals surface area contributed by atoms with Crippen LogP contribution < -0.4 is 5.73 Å². The van der Waals surface area contributed by atoms with E-state index in [1.165, 1.54) is 11.3 Å². The Kier molecular flexibility index (Phi) is 5.63. The molecule has 18 heavy (non-hydrogen) atoms. The van der Waals surface area contributed by atoms with Crippen LogP contribution in [0.2, 0.25) is 4.34 Å². The van der Waals surface area contributed by atoms with Gasteiger partial charge < -0.3 is 10.5 Å². The first-order chi connectivity index (χ1) is 8.28. The first-order valence-corrected chi connectivity index (χ1v) is 7.23. The third-order valence-corrected chi connectivity index (χ3v) is 3.57. The van der Waals surface area contributed by atoms with E-state index < -0.39 is 5.60 Å². The van der Waals surface area contributed by atoms with E-state index >= 15 is 0 Å². The van der Waals surface area contributed by atoms with Crippen LogP contribution in [-0.2, 0) is 16.0 Å². The minimum Gasteiger partial charge on any atom is -0.460 e. The van der Waals surface area contributed by atoms with E-state index in [1.54, 1.807) is 0 Å². The summed E-state index contributed by atoms with van der Waals surface area (Å²) in [5.74, 6) is -0.200. The summed E-state index contributed by atoms with van der Waals surface area (Å²) in [6.07, 6.45) is 1.66. The Balaban J connectivity index is 2.31. The lowest BCUT2D eigenvalue weighted by Crippen LogP contribution is -2.27. The van der Waals surface area contributed by atoms with Crippen molar-refractivity contribution in [3.8, 4) is 0 Å². The summed E-state index contributed by atoms with van der Waals surface area (Å²) in [5, 5.41) is 1.94. The minimum absolute atomic E-state index is 0.0652. The van der Waals surface area contributed by atoms with Gasteiger partial charge in [-0.15, -0.1) is 11.3 Å². The number of carbonyl (C=O) groups is 1. The lowest BCUT2D eigenvalue weighted by molar-refractivity contribution is -0.155. The van der Waals surface area contributed by atoms with Crippen LogP contribution >= 0.6 is 22.9 Å². The van der Waals surface area contributed by atoms with Crippen LogP contribution in [0, 0.1) is 0 Å². The molecule has 0 fully saturated rings. The molecule has 0 aromatic carbocycles. The van der Waals surface area contributed by atoms with Crippen LogP contribution in [-0.4, -0.2) is 17.6 Å². The number of nitrogens with two attached hydrogens (primary N) is 1. The Hall–Kier alpha value is -0.580. The van der Waals surface area contributed by atoms with Crippen molar-refractivity contribution in [3.05, 3.63) is 21.3 Å². The maximum Gasteiger partial charge on any atom is 0.306 e. The third kappa shape index (κ3) is 5.85. The fourth-order valence-electron chi connectivity index (χ4n) is 1.55. The smallest absolute Gasteiger partial charge is 0.306 e. The molecular formula is C13H20ClNO2S. The number of ether oxygens (including phenoxy) is 1. The van der Waals surface area contributed by atoms with Crippen LogP contribution in [0.1, 0.15) is 39.2 Å².